The van der Waals surface area contributed by atoms with Crippen LogP contribution in [0.4, 0.5) is 0 Å². The smallest absolute Gasteiger partial charge is 0.330 e. The van der Waals surface area contributed by atoms with Crippen LogP contribution in [0.15, 0.2) is 24.3 Å². The Labute approximate surface area is 94.1 Å². The summed E-state index contributed by atoms with van der Waals surface area (Å²) in [4.78, 5) is 11.0. The zero-order chi connectivity index (χ0) is 12.0. The molecule has 1 aromatic carbocycles. The first-order valence-corrected chi connectivity index (χ1v) is 4.75. The van der Waals surface area contributed by atoms with Crippen LogP contribution in [0.5, 0.6) is 5.75 Å². The van der Waals surface area contributed by atoms with Gasteiger partial charge in [0.15, 0.2) is 0 Å². The molecule has 0 heterocycles. The zero-order valence-corrected chi connectivity index (χ0v) is 9.27. The van der Waals surface area contributed by atoms with Gasteiger partial charge in [0.1, 0.15) is 5.75 Å². The van der Waals surface area contributed by atoms with Gasteiger partial charge in [0.05, 0.1) is 20.8 Å². The van der Waals surface area contributed by atoms with Gasteiger partial charge in [-0.1, -0.05) is 12.1 Å². The van der Waals surface area contributed by atoms with Crippen LogP contribution < -0.4 is 4.74 Å². The number of hydrogen-bond donors (Lipinski definition) is 1. The van der Waals surface area contributed by atoms with Crippen molar-refractivity contribution in [2.24, 2.45) is 0 Å². The average Bonchev–Trinajstić information content (AvgIpc) is 2.35. The summed E-state index contributed by atoms with van der Waals surface area (Å²) in [5, 5.41) is 9.16. The third kappa shape index (κ3) is 2.84. The quantitative estimate of drug-likeness (QED) is 0.617. The number of methoxy groups -OCH3 is 2. The molecule has 4 heteroatoms. The highest BCUT2D eigenvalue weighted by atomic mass is 16.5. The molecule has 0 fully saturated rings. The molecule has 1 rings (SSSR count). The minimum atomic E-state index is -0.449. The summed E-state index contributed by atoms with van der Waals surface area (Å²) in [5.41, 5.74) is 1.37. The van der Waals surface area contributed by atoms with E-state index in [9.17, 15) is 4.79 Å². The van der Waals surface area contributed by atoms with Gasteiger partial charge in [-0.3, -0.25) is 0 Å². The lowest BCUT2D eigenvalue weighted by Crippen LogP contribution is -1.96. The molecule has 0 spiro atoms. The number of hydrogen-bond acceptors (Lipinski definition) is 4. The van der Waals surface area contributed by atoms with E-state index in [4.69, 9.17) is 9.84 Å². The Balaban J connectivity index is 3.08. The van der Waals surface area contributed by atoms with E-state index in [1.807, 2.05) is 0 Å². The van der Waals surface area contributed by atoms with Gasteiger partial charge in [-0.25, -0.2) is 4.79 Å². The van der Waals surface area contributed by atoms with E-state index >= 15 is 0 Å². The molecule has 0 aliphatic carbocycles. The molecule has 86 valence electrons. The van der Waals surface area contributed by atoms with E-state index in [1.54, 1.807) is 24.3 Å². The Morgan fingerprint density at radius 2 is 2.19 bits per heavy atom. The lowest BCUT2D eigenvalue weighted by Gasteiger charge is -2.08. The Hall–Kier alpha value is -1.81. The summed E-state index contributed by atoms with van der Waals surface area (Å²) in [6, 6.07) is 5.30. The van der Waals surface area contributed by atoms with Gasteiger partial charge < -0.3 is 14.6 Å². The average molecular weight is 222 g/mol. The van der Waals surface area contributed by atoms with Gasteiger partial charge >= 0.3 is 5.97 Å². The highest BCUT2D eigenvalue weighted by Gasteiger charge is 2.05. The Morgan fingerprint density at radius 3 is 2.75 bits per heavy atom. The maximum Gasteiger partial charge on any atom is 0.330 e. The third-order valence-corrected chi connectivity index (χ3v) is 2.13. The number of aliphatic hydroxyl groups is 1. The zero-order valence-electron chi connectivity index (χ0n) is 9.27. The number of rotatable bonds is 4. The SMILES string of the molecule is COC(=O)C=Cc1c(CO)cccc1OC. The Bertz CT molecular complexity index is 374. The topological polar surface area (TPSA) is 55.8 Å². The minimum Gasteiger partial charge on any atom is -0.496 e. The van der Waals surface area contributed by atoms with Crippen molar-refractivity contribution in [2.75, 3.05) is 14.2 Å². The summed E-state index contributed by atoms with van der Waals surface area (Å²) in [6.45, 7) is -0.113. The molecule has 0 saturated heterocycles. The molecule has 0 saturated carbocycles. The molecule has 0 aromatic heterocycles. The van der Waals surface area contributed by atoms with Gasteiger partial charge in [-0.2, -0.15) is 0 Å². The van der Waals surface area contributed by atoms with Gasteiger partial charge in [-0.15, -0.1) is 0 Å². The molecule has 1 aromatic rings. The fraction of sp³-hybridized carbons (Fsp3) is 0.250. The second-order valence-electron chi connectivity index (χ2n) is 3.05. The van der Waals surface area contributed by atoms with Crippen LogP contribution in [0.2, 0.25) is 0 Å². The van der Waals surface area contributed by atoms with E-state index in [0.29, 0.717) is 16.9 Å². The van der Waals surface area contributed by atoms with Gasteiger partial charge in [0, 0.05) is 11.6 Å². The van der Waals surface area contributed by atoms with Crippen LogP contribution in [0.1, 0.15) is 11.1 Å². The first-order valence-electron chi connectivity index (χ1n) is 4.75. The van der Waals surface area contributed by atoms with Crippen LogP contribution >= 0.6 is 0 Å². The first kappa shape index (κ1) is 12.3. The summed E-state index contributed by atoms with van der Waals surface area (Å²) in [6.07, 6.45) is 2.85. The largest absolute Gasteiger partial charge is 0.496 e. The molecule has 0 aliphatic heterocycles. The van der Waals surface area contributed by atoms with E-state index < -0.39 is 5.97 Å². The lowest BCUT2D eigenvalue weighted by molar-refractivity contribution is -0.134. The second-order valence-corrected chi connectivity index (χ2v) is 3.05. The van der Waals surface area contributed by atoms with E-state index in [0.717, 1.165) is 0 Å². The maximum absolute atomic E-state index is 11.0. The standard InChI is InChI=1S/C12H14O4/c1-15-11-5-3-4-9(8-13)10(11)6-7-12(14)16-2/h3-7,13H,8H2,1-2H3. The van der Waals surface area contributed by atoms with Crippen molar-refractivity contribution in [3.8, 4) is 5.75 Å². The van der Waals surface area contributed by atoms with Crippen LogP contribution in [0, 0.1) is 0 Å². The molecule has 0 amide bonds. The molecular formula is C12H14O4. The molecule has 4 nitrogen and oxygen atoms in total. The molecule has 0 radical (unpaired) electrons. The van der Waals surface area contributed by atoms with Crippen molar-refractivity contribution < 1.29 is 19.4 Å². The Morgan fingerprint density at radius 1 is 1.44 bits per heavy atom. The second kappa shape index (κ2) is 5.92. The van der Waals surface area contributed by atoms with Crippen LogP contribution in [-0.2, 0) is 16.1 Å². The van der Waals surface area contributed by atoms with Crippen molar-refractivity contribution in [1.82, 2.24) is 0 Å². The normalized spacial score (nSPS) is 10.4. The van der Waals surface area contributed by atoms with Crippen molar-refractivity contribution in [1.29, 1.82) is 0 Å². The Kier molecular flexibility index (Phi) is 4.54. The maximum atomic E-state index is 11.0. The van der Waals surface area contributed by atoms with Gasteiger partial charge in [0.25, 0.3) is 0 Å². The molecular weight excluding hydrogens is 208 g/mol. The highest BCUT2D eigenvalue weighted by Crippen LogP contribution is 2.23. The highest BCUT2D eigenvalue weighted by molar-refractivity contribution is 5.87. The lowest BCUT2D eigenvalue weighted by atomic mass is 10.1. The van der Waals surface area contributed by atoms with Gasteiger partial charge in [-0.05, 0) is 17.7 Å². The first-order chi connectivity index (χ1) is 7.72. The summed E-state index contributed by atoms with van der Waals surface area (Å²) in [5.74, 6) is 0.154. The van der Waals surface area contributed by atoms with E-state index in [2.05, 4.69) is 4.74 Å². The minimum absolute atomic E-state index is 0.113. The third-order valence-electron chi connectivity index (χ3n) is 2.13. The molecule has 0 atom stereocenters. The van der Waals surface area contributed by atoms with Crippen molar-refractivity contribution in [3.63, 3.8) is 0 Å². The number of benzene rings is 1. The molecule has 1 N–H and O–H groups in total. The number of carbonyl (C=O) groups is 1. The van der Waals surface area contributed by atoms with Crippen LogP contribution in [-0.4, -0.2) is 25.3 Å². The van der Waals surface area contributed by atoms with E-state index in [1.165, 1.54) is 20.3 Å². The molecule has 16 heavy (non-hydrogen) atoms. The van der Waals surface area contributed by atoms with Crippen LogP contribution in [0.25, 0.3) is 6.08 Å². The monoisotopic (exact) mass is 222 g/mol. The number of aliphatic hydroxyl groups excluding tert-OH is 1. The van der Waals surface area contributed by atoms with Crippen LogP contribution in [0.3, 0.4) is 0 Å². The van der Waals surface area contributed by atoms with E-state index in [-0.39, 0.29) is 6.61 Å². The van der Waals surface area contributed by atoms with Crippen molar-refractivity contribution >= 4 is 12.0 Å². The summed E-state index contributed by atoms with van der Waals surface area (Å²) < 4.78 is 9.63. The van der Waals surface area contributed by atoms with Gasteiger partial charge in [0.2, 0.25) is 0 Å². The fourth-order valence-electron chi connectivity index (χ4n) is 1.31. The number of esters is 1. The molecule has 0 aliphatic rings. The predicted octanol–water partition coefficient (Wildman–Crippen LogP) is 1.37. The molecule has 0 unspecified atom stereocenters. The fourth-order valence-corrected chi connectivity index (χ4v) is 1.31. The van der Waals surface area contributed by atoms with Crippen molar-refractivity contribution in [2.45, 2.75) is 6.61 Å². The summed E-state index contributed by atoms with van der Waals surface area (Å²) in [7, 11) is 2.84. The number of carbonyl (C=O) groups excluding carboxylic acids is 1. The molecule has 0 bridgehead atoms. The predicted molar refractivity (Wildman–Crippen MR) is 60.0 cm³/mol. The van der Waals surface area contributed by atoms with Crippen molar-refractivity contribution in [3.05, 3.63) is 35.4 Å². The number of ether oxygens (including phenoxy) is 2. The summed E-state index contributed by atoms with van der Waals surface area (Å²) >= 11 is 0.